The van der Waals surface area contributed by atoms with Crippen LogP contribution < -0.4 is 20.5 Å². The van der Waals surface area contributed by atoms with Crippen molar-refractivity contribution in [3.05, 3.63) is 36.7 Å². The first-order chi connectivity index (χ1) is 10.2. The number of benzene rings is 1. The van der Waals surface area contributed by atoms with E-state index < -0.39 is 0 Å². The lowest BCUT2D eigenvalue weighted by molar-refractivity contribution is 0.232. The average molecular weight is 288 g/mol. The van der Waals surface area contributed by atoms with E-state index in [1.54, 1.807) is 12.4 Å². The van der Waals surface area contributed by atoms with Gasteiger partial charge in [-0.25, -0.2) is 0 Å². The van der Waals surface area contributed by atoms with Gasteiger partial charge in [0.1, 0.15) is 12.4 Å². The highest BCUT2D eigenvalue weighted by molar-refractivity contribution is 5.56. The number of anilines is 2. The molecule has 112 valence electrons. The fourth-order valence-electron chi connectivity index (χ4n) is 1.67. The molecule has 0 saturated heterocycles. The van der Waals surface area contributed by atoms with E-state index >= 15 is 0 Å². The molecule has 0 bridgehead atoms. The lowest BCUT2D eigenvalue weighted by Gasteiger charge is -2.10. The van der Waals surface area contributed by atoms with Crippen molar-refractivity contribution in [3.8, 4) is 11.6 Å². The summed E-state index contributed by atoms with van der Waals surface area (Å²) in [5, 5.41) is 3.17. The van der Waals surface area contributed by atoms with Gasteiger partial charge < -0.3 is 20.5 Å². The molecule has 1 aromatic heterocycles. The molecule has 2 rings (SSSR count). The summed E-state index contributed by atoms with van der Waals surface area (Å²) in [6.07, 6.45) is 3.30. The van der Waals surface area contributed by atoms with E-state index in [1.807, 2.05) is 38.1 Å². The Morgan fingerprint density at radius 2 is 1.95 bits per heavy atom. The van der Waals surface area contributed by atoms with Crippen LogP contribution in [-0.2, 0) is 0 Å². The van der Waals surface area contributed by atoms with Gasteiger partial charge in [0.2, 0.25) is 5.88 Å². The minimum atomic E-state index is 0.0635. The third kappa shape index (κ3) is 4.92. The van der Waals surface area contributed by atoms with Crippen LogP contribution in [-0.4, -0.2) is 29.2 Å². The van der Waals surface area contributed by atoms with Crippen molar-refractivity contribution >= 4 is 11.5 Å². The lowest BCUT2D eigenvalue weighted by Crippen LogP contribution is -2.10. The average Bonchev–Trinajstić information content (AvgIpc) is 2.46. The molecule has 21 heavy (non-hydrogen) atoms. The minimum Gasteiger partial charge on any atom is -0.492 e. The van der Waals surface area contributed by atoms with E-state index in [0.717, 1.165) is 11.4 Å². The van der Waals surface area contributed by atoms with Crippen LogP contribution in [0.15, 0.2) is 36.7 Å². The Bertz CT molecular complexity index is 558. The van der Waals surface area contributed by atoms with Gasteiger partial charge in [-0.1, -0.05) is 0 Å². The van der Waals surface area contributed by atoms with Crippen molar-refractivity contribution in [3.63, 3.8) is 0 Å². The lowest BCUT2D eigenvalue weighted by atomic mass is 10.3. The number of rotatable bonds is 7. The molecule has 6 nitrogen and oxygen atoms in total. The first-order valence-electron chi connectivity index (χ1n) is 6.86. The van der Waals surface area contributed by atoms with Crippen LogP contribution in [0.1, 0.15) is 13.8 Å². The van der Waals surface area contributed by atoms with Crippen LogP contribution in [0.2, 0.25) is 0 Å². The van der Waals surface area contributed by atoms with Gasteiger partial charge in [-0.05, 0) is 38.1 Å². The van der Waals surface area contributed by atoms with E-state index in [4.69, 9.17) is 15.2 Å². The van der Waals surface area contributed by atoms with Crippen LogP contribution in [0.25, 0.3) is 0 Å². The Balaban J connectivity index is 2.00. The molecule has 0 fully saturated rings. The van der Waals surface area contributed by atoms with Gasteiger partial charge in [-0.2, -0.15) is 4.98 Å². The number of aromatic nitrogens is 2. The van der Waals surface area contributed by atoms with E-state index in [0.29, 0.717) is 24.8 Å². The molecule has 0 aliphatic rings. The fraction of sp³-hybridized carbons (Fsp3) is 0.333. The molecule has 1 aromatic carbocycles. The highest BCUT2D eigenvalue weighted by Gasteiger charge is 2.03. The first-order valence-corrected chi connectivity index (χ1v) is 6.86. The summed E-state index contributed by atoms with van der Waals surface area (Å²) in [6.45, 7) is 4.90. The van der Waals surface area contributed by atoms with Crippen LogP contribution in [0.5, 0.6) is 11.6 Å². The monoisotopic (exact) mass is 288 g/mol. The van der Waals surface area contributed by atoms with E-state index in [9.17, 15) is 0 Å². The number of ether oxygens (including phenoxy) is 2. The molecule has 0 aliphatic heterocycles. The van der Waals surface area contributed by atoms with Crippen molar-refractivity contribution < 1.29 is 9.47 Å². The van der Waals surface area contributed by atoms with E-state index in [2.05, 4.69) is 15.3 Å². The zero-order chi connectivity index (χ0) is 15.1. The third-order valence-electron chi connectivity index (χ3n) is 2.48. The summed E-state index contributed by atoms with van der Waals surface area (Å²) in [5.74, 6) is 1.91. The molecule has 6 heteroatoms. The maximum absolute atomic E-state index is 5.51. The number of hydrogen-bond donors (Lipinski definition) is 2. The van der Waals surface area contributed by atoms with E-state index in [-0.39, 0.29) is 6.10 Å². The topological polar surface area (TPSA) is 82.3 Å². The van der Waals surface area contributed by atoms with Gasteiger partial charge in [-0.3, -0.25) is 4.98 Å². The van der Waals surface area contributed by atoms with Crippen LogP contribution in [0, 0.1) is 0 Å². The van der Waals surface area contributed by atoms with Gasteiger partial charge >= 0.3 is 0 Å². The summed E-state index contributed by atoms with van der Waals surface area (Å²) >= 11 is 0. The Morgan fingerprint density at radius 3 is 2.62 bits per heavy atom. The van der Waals surface area contributed by atoms with E-state index in [1.165, 1.54) is 0 Å². The molecule has 0 spiro atoms. The Hall–Kier alpha value is -2.34. The Morgan fingerprint density at radius 1 is 1.19 bits per heavy atom. The summed E-state index contributed by atoms with van der Waals surface area (Å²) in [7, 11) is 0. The number of nitrogens with two attached hydrogens (primary N) is 1. The second-order valence-corrected chi connectivity index (χ2v) is 4.70. The molecular formula is C15H20N4O2. The first kappa shape index (κ1) is 15.1. The summed E-state index contributed by atoms with van der Waals surface area (Å²) < 4.78 is 10.9. The third-order valence-corrected chi connectivity index (χ3v) is 2.48. The zero-order valence-corrected chi connectivity index (χ0v) is 12.2. The van der Waals surface area contributed by atoms with Crippen LogP contribution in [0.4, 0.5) is 11.5 Å². The second-order valence-electron chi connectivity index (χ2n) is 4.70. The summed E-state index contributed by atoms with van der Waals surface area (Å²) in [6, 6.07) is 7.56. The maximum Gasteiger partial charge on any atom is 0.234 e. The molecule has 1 heterocycles. The highest BCUT2D eigenvalue weighted by Crippen LogP contribution is 2.20. The molecule has 0 amide bonds. The molecule has 0 aliphatic carbocycles. The highest BCUT2D eigenvalue weighted by atomic mass is 16.5. The van der Waals surface area contributed by atoms with Gasteiger partial charge in [0, 0.05) is 12.2 Å². The predicted octanol–water partition coefficient (Wildman–Crippen LogP) is 2.34. The standard InChI is InChI=1S/C15H20N4O2/c1-11(2)21-15-10-17-9-14(19-15)18-12-3-5-13(6-4-12)20-8-7-16/h3-6,9-11H,7-8,16H2,1-2H3,(H,18,19). The van der Waals surface area contributed by atoms with Crippen molar-refractivity contribution in [1.29, 1.82) is 0 Å². The summed E-state index contributed by atoms with van der Waals surface area (Å²) in [5.41, 5.74) is 6.29. The van der Waals surface area contributed by atoms with Crippen LogP contribution >= 0.6 is 0 Å². The van der Waals surface area contributed by atoms with Crippen molar-refractivity contribution in [2.45, 2.75) is 20.0 Å². The zero-order valence-electron chi connectivity index (χ0n) is 12.2. The van der Waals surface area contributed by atoms with Gasteiger partial charge in [-0.15, -0.1) is 0 Å². The number of nitrogens with one attached hydrogen (secondary N) is 1. The Labute approximate surface area is 124 Å². The SMILES string of the molecule is CC(C)Oc1cncc(Nc2ccc(OCCN)cc2)n1. The second kappa shape index (κ2) is 7.44. The summed E-state index contributed by atoms with van der Waals surface area (Å²) in [4.78, 5) is 8.44. The maximum atomic E-state index is 5.51. The van der Waals surface area contributed by atoms with Crippen LogP contribution in [0.3, 0.4) is 0 Å². The quantitative estimate of drug-likeness (QED) is 0.813. The molecule has 3 N–H and O–H groups in total. The van der Waals surface area contributed by atoms with Crippen molar-refractivity contribution in [2.75, 3.05) is 18.5 Å². The molecular weight excluding hydrogens is 268 g/mol. The molecule has 2 aromatic rings. The molecule has 0 unspecified atom stereocenters. The molecule has 0 radical (unpaired) electrons. The number of nitrogens with zero attached hydrogens (tertiary/aromatic N) is 2. The Kier molecular flexibility index (Phi) is 5.34. The van der Waals surface area contributed by atoms with Gasteiger partial charge in [0.25, 0.3) is 0 Å². The van der Waals surface area contributed by atoms with Gasteiger partial charge in [0.05, 0.1) is 18.5 Å². The fourth-order valence-corrected chi connectivity index (χ4v) is 1.67. The predicted molar refractivity (Wildman–Crippen MR) is 82.1 cm³/mol. The molecule has 0 atom stereocenters. The molecule has 0 saturated carbocycles. The number of hydrogen-bond acceptors (Lipinski definition) is 6. The van der Waals surface area contributed by atoms with Crippen molar-refractivity contribution in [1.82, 2.24) is 9.97 Å². The van der Waals surface area contributed by atoms with Crippen molar-refractivity contribution in [2.24, 2.45) is 5.73 Å². The smallest absolute Gasteiger partial charge is 0.234 e. The largest absolute Gasteiger partial charge is 0.492 e. The minimum absolute atomic E-state index is 0.0635. The van der Waals surface area contributed by atoms with Gasteiger partial charge in [0.15, 0.2) is 5.82 Å². The normalized spacial score (nSPS) is 10.5.